The molecule has 1 fully saturated rings. The minimum absolute atomic E-state index is 0.254. The lowest BCUT2D eigenvalue weighted by Gasteiger charge is -2.25. The predicted octanol–water partition coefficient (Wildman–Crippen LogP) is 3.43. The van der Waals surface area contributed by atoms with Crippen molar-refractivity contribution in [3.05, 3.63) is 64.4 Å². The molecule has 0 aromatic heterocycles. The summed E-state index contributed by atoms with van der Waals surface area (Å²) in [4.78, 5) is 13.8. The zero-order chi connectivity index (χ0) is 15.0. The van der Waals surface area contributed by atoms with Crippen molar-refractivity contribution >= 4 is 27.5 Å². The van der Waals surface area contributed by atoms with Crippen molar-refractivity contribution < 1.29 is 14.3 Å². The summed E-state index contributed by atoms with van der Waals surface area (Å²) in [6.45, 7) is 0. The van der Waals surface area contributed by atoms with Gasteiger partial charge in [-0.05, 0) is 42.0 Å². The van der Waals surface area contributed by atoms with Crippen LogP contribution in [0, 0.1) is 5.82 Å². The summed E-state index contributed by atoms with van der Waals surface area (Å²) >= 11 is 3.41. The van der Waals surface area contributed by atoms with E-state index in [1.807, 2.05) is 24.3 Å². The number of carbonyl (C=O) groups excluding carboxylic acids is 1. The van der Waals surface area contributed by atoms with Crippen LogP contribution in [0.5, 0.6) is 0 Å². The van der Waals surface area contributed by atoms with Crippen LogP contribution in [0.1, 0.15) is 18.0 Å². The maximum Gasteiger partial charge on any atom is 0.256 e. The molecule has 0 saturated carbocycles. The van der Waals surface area contributed by atoms with Gasteiger partial charge in [-0.15, -0.1) is 0 Å². The van der Waals surface area contributed by atoms with Crippen LogP contribution in [0.3, 0.4) is 0 Å². The number of anilines is 1. The maximum atomic E-state index is 13.1. The minimum atomic E-state index is -1.03. The van der Waals surface area contributed by atoms with Crippen molar-refractivity contribution in [2.45, 2.75) is 18.6 Å². The first-order chi connectivity index (χ1) is 10.1. The van der Waals surface area contributed by atoms with E-state index in [2.05, 4.69) is 15.9 Å². The van der Waals surface area contributed by atoms with E-state index in [1.54, 1.807) is 12.1 Å². The van der Waals surface area contributed by atoms with Crippen molar-refractivity contribution in [2.75, 3.05) is 4.90 Å². The first kappa shape index (κ1) is 14.2. The third-order valence-electron chi connectivity index (χ3n) is 3.62. The quantitative estimate of drug-likeness (QED) is 0.902. The van der Waals surface area contributed by atoms with Crippen LogP contribution in [0.4, 0.5) is 10.1 Å². The average molecular weight is 350 g/mol. The number of aliphatic hydroxyl groups is 1. The molecular formula is C16H13BrFNO2. The molecule has 1 N–H and O–H groups in total. The van der Waals surface area contributed by atoms with E-state index in [1.165, 1.54) is 17.0 Å². The largest absolute Gasteiger partial charge is 0.383 e. The Morgan fingerprint density at radius 3 is 2.57 bits per heavy atom. The standard InChI is InChI=1S/C16H13BrFNO2/c17-11-3-1-2-10(8-11)14-9-15(20)16(21)19(14)13-6-4-12(18)5-7-13/h1-8,14-15,20H,9H2/t14-,15-/m0/s1. The van der Waals surface area contributed by atoms with E-state index in [0.29, 0.717) is 12.1 Å². The molecule has 3 rings (SSSR count). The predicted molar refractivity (Wildman–Crippen MR) is 81.4 cm³/mol. The Labute approximate surface area is 130 Å². The lowest BCUT2D eigenvalue weighted by atomic mass is 10.0. The molecule has 1 saturated heterocycles. The van der Waals surface area contributed by atoms with E-state index in [-0.39, 0.29) is 17.8 Å². The fourth-order valence-electron chi connectivity index (χ4n) is 2.64. The number of carbonyl (C=O) groups is 1. The second-order valence-electron chi connectivity index (χ2n) is 5.01. The molecular weight excluding hydrogens is 337 g/mol. The second kappa shape index (κ2) is 5.58. The summed E-state index contributed by atoms with van der Waals surface area (Å²) < 4.78 is 14.0. The van der Waals surface area contributed by atoms with Crippen molar-refractivity contribution in [2.24, 2.45) is 0 Å². The molecule has 2 atom stereocenters. The summed E-state index contributed by atoms with van der Waals surface area (Å²) in [6.07, 6.45) is -0.703. The fraction of sp³-hybridized carbons (Fsp3) is 0.188. The Morgan fingerprint density at radius 2 is 1.90 bits per heavy atom. The van der Waals surface area contributed by atoms with Gasteiger partial charge in [-0.1, -0.05) is 28.1 Å². The lowest BCUT2D eigenvalue weighted by Crippen LogP contribution is -2.30. The summed E-state index contributed by atoms with van der Waals surface area (Å²) in [6, 6.07) is 13.1. The normalized spacial score (nSPS) is 21.9. The van der Waals surface area contributed by atoms with Crippen LogP contribution >= 0.6 is 15.9 Å². The van der Waals surface area contributed by atoms with Crippen molar-refractivity contribution in [3.8, 4) is 0 Å². The van der Waals surface area contributed by atoms with E-state index in [0.717, 1.165) is 10.0 Å². The molecule has 1 aliphatic rings. The lowest BCUT2D eigenvalue weighted by molar-refractivity contribution is -0.124. The van der Waals surface area contributed by atoms with Gasteiger partial charge in [-0.25, -0.2) is 4.39 Å². The number of hydrogen-bond acceptors (Lipinski definition) is 2. The van der Waals surface area contributed by atoms with Gasteiger partial charge in [0, 0.05) is 16.6 Å². The van der Waals surface area contributed by atoms with Gasteiger partial charge in [0.15, 0.2) is 0 Å². The van der Waals surface area contributed by atoms with Crippen LogP contribution < -0.4 is 4.90 Å². The van der Waals surface area contributed by atoms with Gasteiger partial charge in [0.05, 0.1) is 6.04 Å². The highest BCUT2D eigenvalue weighted by Gasteiger charge is 2.40. The third-order valence-corrected chi connectivity index (χ3v) is 4.11. The van der Waals surface area contributed by atoms with E-state index < -0.39 is 6.10 Å². The molecule has 0 bridgehead atoms. The van der Waals surface area contributed by atoms with Gasteiger partial charge in [0.2, 0.25) is 0 Å². The zero-order valence-corrected chi connectivity index (χ0v) is 12.6. The van der Waals surface area contributed by atoms with Crippen molar-refractivity contribution in [1.82, 2.24) is 0 Å². The molecule has 21 heavy (non-hydrogen) atoms. The molecule has 0 spiro atoms. The van der Waals surface area contributed by atoms with Crippen LogP contribution in [-0.2, 0) is 4.79 Å². The van der Waals surface area contributed by atoms with Crippen molar-refractivity contribution in [3.63, 3.8) is 0 Å². The van der Waals surface area contributed by atoms with Crippen molar-refractivity contribution in [1.29, 1.82) is 0 Å². The molecule has 1 heterocycles. The number of aliphatic hydroxyl groups excluding tert-OH is 1. The van der Waals surface area contributed by atoms with Gasteiger partial charge < -0.3 is 10.0 Å². The van der Waals surface area contributed by atoms with Gasteiger partial charge in [0.25, 0.3) is 5.91 Å². The van der Waals surface area contributed by atoms with Crippen LogP contribution in [0.15, 0.2) is 53.0 Å². The van der Waals surface area contributed by atoms with Crippen LogP contribution in [-0.4, -0.2) is 17.1 Å². The van der Waals surface area contributed by atoms with Gasteiger partial charge in [0.1, 0.15) is 11.9 Å². The highest BCUT2D eigenvalue weighted by molar-refractivity contribution is 9.10. The molecule has 1 aliphatic heterocycles. The number of benzene rings is 2. The molecule has 2 aromatic rings. The second-order valence-corrected chi connectivity index (χ2v) is 5.92. The summed E-state index contributed by atoms with van der Waals surface area (Å²) in [5, 5.41) is 9.91. The number of rotatable bonds is 2. The van der Waals surface area contributed by atoms with Crippen LogP contribution in [0.2, 0.25) is 0 Å². The third kappa shape index (κ3) is 2.71. The summed E-state index contributed by atoms with van der Waals surface area (Å²) in [5.41, 5.74) is 1.52. The molecule has 5 heteroatoms. The average Bonchev–Trinajstić information content (AvgIpc) is 2.76. The van der Waals surface area contributed by atoms with E-state index in [9.17, 15) is 14.3 Å². The summed E-state index contributed by atoms with van der Waals surface area (Å²) in [5.74, 6) is -0.712. The highest BCUT2D eigenvalue weighted by Crippen LogP contribution is 2.37. The summed E-state index contributed by atoms with van der Waals surface area (Å²) in [7, 11) is 0. The minimum Gasteiger partial charge on any atom is -0.383 e. The molecule has 3 nitrogen and oxygen atoms in total. The Hall–Kier alpha value is -1.72. The molecule has 1 amide bonds. The van der Waals surface area contributed by atoms with Gasteiger partial charge in [-0.3, -0.25) is 4.79 Å². The molecule has 108 valence electrons. The Morgan fingerprint density at radius 1 is 1.19 bits per heavy atom. The Balaban J connectivity index is 2.02. The SMILES string of the molecule is O=C1[C@@H](O)C[C@@H](c2cccc(Br)c2)N1c1ccc(F)cc1. The Bertz CT molecular complexity index is 674. The van der Waals surface area contributed by atoms with Gasteiger partial charge >= 0.3 is 0 Å². The number of hydrogen-bond donors (Lipinski definition) is 1. The molecule has 0 aliphatic carbocycles. The van der Waals surface area contributed by atoms with E-state index >= 15 is 0 Å². The Kier molecular flexibility index (Phi) is 3.78. The number of nitrogens with zero attached hydrogens (tertiary/aromatic N) is 1. The van der Waals surface area contributed by atoms with Crippen LogP contribution in [0.25, 0.3) is 0 Å². The highest BCUT2D eigenvalue weighted by atomic mass is 79.9. The smallest absolute Gasteiger partial charge is 0.256 e. The fourth-order valence-corrected chi connectivity index (χ4v) is 3.06. The topological polar surface area (TPSA) is 40.5 Å². The monoisotopic (exact) mass is 349 g/mol. The number of amides is 1. The molecule has 0 unspecified atom stereocenters. The molecule has 2 aromatic carbocycles. The van der Waals surface area contributed by atoms with Gasteiger partial charge in [-0.2, -0.15) is 0 Å². The molecule has 0 radical (unpaired) electrons. The number of halogens is 2. The first-order valence-electron chi connectivity index (χ1n) is 6.58. The van der Waals surface area contributed by atoms with E-state index in [4.69, 9.17) is 0 Å². The zero-order valence-electron chi connectivity index (χ0n) is 11.0. The first-order valence-corrected chi connectivity index (χ1v) is 7.38. The maximum absolute atomic E-state index is 13.1.